The van der Waals surface area contributed by atoms with E-state index in [1.165, 1.54) is 16.7 Å². The van der Waals surface area contributed by atoms with E-state index in [-0.39, 0.29) is 12.3 Å². The van der Waals surface area contributed by atoms with E-state index in [2.05, 4.69) is 42.0 Å². The fraction of sp³-hybridized carbons (Fsp3) is 0.217. The van der Waals surface area contributed by atoms with Crippen molar-refractivity contribution in [3.05, 3.63) is 93.8 Å². The van der Waals surface area contributed by atoms with E-state index in [0.29, 0.717) is 5.02 Å². The van der Waals surface area contributed by atoms with Crippen molar-refractivity contribution >= 4 is 17.3 Å². The number of fused-ring (bicyclic) bond motifs is 3. The average Bonchev–Trinajstić information content (AvgIpc) is 3.15. The zero-order valence-electron chi connectivity index (χ0n) is 15.8. The predicted molar refractivity (Wildman–Crippen MR) is 111 cm³/mol. The minimum absolute atomic E-state index is 0.0931. The van der Waals surface area contributed by atoms with Crippen LogP contribution in [0.15, 0.2) is 66.0 Å². The summed E-state index contributed by atoms with van der Waals surface area (Å²) in [5.41, 5.74) is 6.87. The monoisotopic (exact) mass is 389 g/mol. The molecular formula is C23H20ClN3O. The summed E-state index contributed by atoms with van der Waals surface area (Å²) in [7, 11) is 0. The summed E-state index contributed by atoms with van der Waals surface area (Å²) < 4.78 is 6.36. The topological polar surface area (TPSA) is 37.7 Å². The minimum atomic E-state index is -0.288. The van der Waals surface area contributed by atoms with Crippen molar-refractivity contribution in [2.75, 3.05) is 0 Å². The number of hydrazone groups is 1. The van der Waals surface area contributed by atoms with Crippen LogP contribution in [0.3, 0.4) is 0 Å². The lowest BCUT2D eigenvalue weighted by atomic mass is 9.93. The van der Waals surface area contributed by atoms with Gasteiger partial charge in [-0.15, -0.1) is 0 Å². The third-order valence-electron chi connectivity index (χ3n) is 5.45. The van der Waals surface area contributed by atoms with Gasteiger partial charge in [-0.3, -0.25) is 4.98 Å². The number of aryl methyl sites for hydroxylation is 2. The van der Waals surface area contributed by atoms with Gasteiger partial charge in [0.1, 0.15) is 5.75 Å². The summed E-state index contributed by atoms with van der Waals surface area (Å²) in [4.78, 5) is 4.14. The van der Waals surface area contributed by atoms with Gasteiger partial charge in [0.15, 0.2) is 0 Å². The molecule has 1 aromatic heterocycles. The number of ether oxygens (including phenoxy) is 1. The Labute approximate surface area is 169 Å². The first-order chi connectivity index (χ1) is 13.6. The molecule has 0 bridgehead atoms. The first-order valence-electron chi connectivity index (χ1n) is 9.39. The van der Waals surface area contributed by atoms with Crippen LogP contribution in [-0.4, -0.2) is 15.7 Å². The number of pyridine rings is 1. The summed E-state index contributed by atoms with van der Waals surface area (Å²) in [5, 5.41) is 7.82. The van der Waals surface area contributed by atoms with E-state index in [4.69, 9.17) is 21.4 Å². The Morgan fingerprint density at radius 2 is 1.86 bits per heavy atom. The van der Waals surface area contributed by atoms with Gasteiger partial charge in [0, 0.05) is 40.5 Å². The minimum Gasteiger partial charge on any atom is -0.464 e. The van der Waals surface area contributed by atoms with Crippen LogP contribution in [0.25, 0.3) is 0 Å². The molecule has 2 atom stereocenters. The molecule has 0 N–H and O–H groups in total. The van der Waals surface area contributed by atoms with E-state index in [9.17, 15) is 0 Å². The lowest BCUT2D eigenvalue weighted by molar-refractivity contribution is -0.0190. The zero-order valence-corrected chi connectivity index (χ0v) is 16.5. The van der Waals surface area contributed by atoms with E-state index in [1.54, 1.807) is 12.4 Å². The molecule has 140 valence electrons. The Bertz CT molecular complexity index is 1080. The second-order valence-electron chi connectivity index (χ2n) is 7.40. The molecule has 0 saturated heterocycles. The van der Waals surface area contributed by atoms with E-state index in [1.807, 2.05) is 30.3 Å². The first kappa shape index (κ1) is 17.3. The van der Waals surface area contributed by atoms with Gasteiger partial charge >= 0.3 is 0 Å². The average molecular weight is 390 g/mol. The molecule has 3 aromatic rings. The molecule has 2 aromatic carbocycles. The molecule has 0 spiro atoms. The summed E-state index contributed by atoms with van der Waals surface area (Å²) in [6.45, 7) is 4.25. The number of rotatable bonds is 2. The summed E-state index contributed by atoms with van der Waals surface area (Å²) in [5.74, 6) is 0.866. The molecule has 0 aliphatic carbocycles. The summed E-state index contributed by atoms with van der Waals surface area (Å²) in [6.07, 6.45) is 4.11. The van der Waals surface area contributed by atoms with Crippen LogP contribution in [0.2, 0.25) is 5.02 Å². The second-order valence-corrected chi connectivity index (χ2v) is 7.83. The molecule has 0 saturated carbocycles. The highest BCUT2D eigenvalue weighted by Gasteiger charge is 2.41. The van der Waals surface area contributed by atoms with Crippen molar-refractivity contribution in [1.82, 2.24) is 9.99 Å². The van der Waals surface area contributed by atoms with E-state index >= 15 is 0 Å². The lowest BCUT2D eigenvalue weighted by Gasteiger charge is -2.38. The number of hydrogen-bond donors (Lipinski definition) is 0. The Hall–Kier alpha value is -2.85. The molecule has 5 rings (SSSR count). The van der Waals surface area contributed by atoms with E-state index < -0.39 is 0 Å². The van der Waals surface area contributed by atoms with Crippen molar-refractivity contribution in [3.63, 3.8) is 0 Å². The van der Waals surface area contributed by atoms with Crippen LogP contribution in [0.1, 0.15) is 46.5 Å². The number of benzene rings is 2. The lowest BCUT2D eigenvalue weighted by Crippen LogP contribution is -2.33. The number of halogens is 1. The van der Waals surface area contributed by atoms with Crippen molar-refractivity contribution in [3.8, 4) is 5.75 Å². The Morgan fingerprint density at radius 1 is 1.04 bits per heavy atom. The molecule has 0 radical (unpaired) electrons. The van der Waals surface area contributed by atoms with Gasteiger partial charge in [0.25, 0.3) is 0 Å². The zero-order chi connectivity index (χ0) is 19.3. The Balaban J connectivity index is 1.63. The maximum Gasteiger partial charge on any atom is 0.213 e. The highest BCUT2D eigenvalue weighted by molar-refractivity contribution is 6.30. The van der Waals surface area contributed by atoms with Gasteiger partial charge < -0.3 is 4.74 Å². The second kappa shape index (κ2) is 6.64. The molecule has 5 heteroatoms. The quantitative estimate of drug-likeness (QED) is 0.573. The predicted octanol–water partition coefficient (Wildman–Crippen LogP) is 5.59. The molecule has 4 nitrogen and oxygen atoms in total. The fourth-order valence-corrected chi connectivity index (χ4v) is 4.20. The maximum absolute atomic E-state index is 6.36. The van der Waals surface area contributed by atoms with Crippen LogP contribution in [0.4, 0.5) is 0 Å². The van der Waals surface area contributed by atoms with Crippen LogP contribution in [-0.2, 0) is 0 Å². The van der Waals surface area contributed by atoms with Crippen molar-refractivity contribution in [1.29, 1.82) is 0 Å². The van der Waals surface area contributed by atoms with Gasteiger partial charge in [-0.1, -0.05) is 29.3 Å². The standard InChI is InChI=1S/C23H20ClN3O/c1-14-3-4-15(2)18(11-14)20-13-21-19-12-17(24)5-6-22(19)28-23(27(21)26-20)16-7-9-25-10-8-16/h3-12,21,23H,13H2,1-2H3/t21-,23+/m1/s1. The largest absolute Gasteiger partial charge is 0.464 e. The molecule has 3 heterocycles. The van der Waals surface area contributed by atoms with Crippen LogP contribution in [0, 0.1) is 13.8 Å². The smallest absolute Gasteiger partial charge is 0.213 e. The molecular weight excluding hydrogens is 370 g/mol. The van der Waals surface area contributed by atoms with Gasteiger partial charge in [0.05, 0.1) is 11.8 Å². The van der Waals surface area contributed by atoms with Crippen LogP contribution in [0.5, 0.6) is 5.75 Å². The molecule has 28 heavy (non-hydrogen) atoms. The van der Waals surface area contributed by atoms with Crippen LogP contribution >= 0.6 is 11.6 Å². The van der Waals surface area contributed by atoms with Crippen molar-refractivity contribution in [2.45, 2.75) is 32.5 Å². The summed E-state index contributed by atoms with van der Waals surface area (Å²) in [6, 6.07) is 16.4. The SMILES string of the molecule is Cc1ccc(C)c(C2=NN3[C@H](C2)c2cc(Cl)ccc2O[C@H]3c2ccncc2)c1. The van der Waals surface area contributed by atoms with Crippen molar-refractivity contribution in [2.24, 2.45) is 5.10 Å². The number of aromatic nitrogens is 1. The normalized spacial score (nSPS) is 20.2. The van der Waals surface area contributed by atoms with Gasteiger partial charge in [-0.2, -0.15) is 5.10 Å². The fourth-order valence-electron chi connectivity index (χ4n) is 4.02. The maximum atomic E-state index is 6.36. The molecule has 2 aliphatic heterocycles. The highest BCUT2D eigenvalue weighted by Crippen LogP contribution is 2.48. The molecule has 0 amide bonds. The van der Waals surface area contributed by atoms with Gasteiger partial charge in [-0.25, -0.2) is 5.01 Å². The van der Waals surface area contributed by atoms with Gasteiger partial charge in [-0.05, 0) is 55.8 Å². The Kier molecular flexibility index (Phi) is 4.09. The van der Waals surface area contributed by atoms with E-state index in [0.717, 1.165) is 29.0 Å². The molecule has 2 aliphatic rings. The highest BCUT2D eigenvalue weighted by atomic mass is 35.5. The van der Waals surface area contributed by atoms with Crippen molar-refractivity contribution < 1.29 is 4.74 Å². The Morgan fingerprint density at radius 3 is 2.68 bits per heavy atom. The third-order valence-corrected chi connectivity index (χ3v) is 5.68. The molecule has 0 unspecified atom stereocenters. The number of hydrogen-bond acceptors (Lipinski definition) is 4. The number of nitrogens with zero attached hydrogens (tertiary/aromatic N) is 3. The summed E-state index contributed by atoms with van der Waals surface area (Å²) >= 11 is 6.30. The first-order valence-corrected chi connectivity index (χ1v) is 9.77. The third kappa shape index (κ3) is 2.85. The molecule has 0 fully saturated rings. The van der Waals surface area contributed by atoms with Crippen LogP contribution < -0.4 is 4.74 Å². The van der Waals surface area contributed by atoms with Gasteiger partial charge in [0.2, 0.25) is 6.23 Å².